The van der Waals surface area contributed by atoms with Gasteiger partial charge in [-0.2, -0.15) is 0 Å². The van der Waals surface area contributed by atoms with Crippen molar-refractivity contribution in [3.05, 3.63) is 28.8 Å². The third-order valence-electron chi connectivity index (χ3n) is 5.75. The molecule has 0 N–H and O–H groups in total. The Morgan fingerprint density at radius 1 is 1.08 bits per heavy atom. The lowest BCUT2D eigenvalue weighted by molar-refractivity contribution is 0.00891. The molecular weight excluding hydrogens is 352 g/mol. The molecule has 3 aliphatic rings. The summed E-state index contributed by atoms with van der Waals surface area (Å²) in [4.78, 5) is 17.0. The van der Waals surface area contributed by atoms with Gasteiger partial charge in [0, 0.05) is 32.0 Å². The summed E-state index contributed by atoms with van der Waals surface area (Å²) in [7, 11) is 0. The van der Waals surface area contributed by atoms with Gasteiger partial charge in [0.25, 0.3) is 5.91 Å². The van der Waals surface area contributed by atoms with E-state index in [1.54, 1.807) is 17.0 Å². The lowest BCUT2D eigenvalue weighted by Crippen LogP contribution is -2.50. The van der Waals surface area contributed by atoms with Crippen LogP contribution in [0.15, 0.2) is 18.2 Å². The average molecular weight is 379 g/mol. The fourth-order valence-electron chi connectivity index (χ4n) is 4.09. The van der Waals surface area contributed by atoms with Crippen molar-refractivity contribution in [1.29, 1.82) is 0 Å². The van der Waals surface area contributed by atoms with Crippen LogP contribution in [0, 0.1) is 0 Å². The van der Waals surface area contributed by atoms with E-state index in [0.717, 1.165) is 18.6 Å². The van der Waals surface area contributed by atoms with E-state index in [9.17, 15) is 4.79 Å². The summed E-state index contributed by atoms with van der Waals surface area (Å²) in [6, 6.07) is 6.12. The predicted octanol–water partition coefficient (Wildman–Crippen LogP) is 3.21. The average Bonchev–Trinajstić information content (AvgIpc) is 2.65. The summed E-state index contributed by atoms with van der Waals surface area (Å²) in [6.45, 7) is 4.89. The first-order valence-corrected chi connectivity index (χ1v) is 10.2. The molecule has 5 nitrogen and oxygen atoms in total. The zero-order chi connectivity index (χ0) is 17.9. The Hall–Kier alpha value is -1.30. The van der Waals surface area contributed by atoms with Gasteiger partial charge in [0.15, 0.2) is 0 Å². The van der Waals surface area contributed by atoms with Crippen molar-refractivity contribution >= 4 is 17.5 Å². The Kier molecular flexibility index (Phi) is 5.67. The molecule has 26 heavy (non-hydrogen) atoms. The van der Waals surface area contributed by atoms with Crippen LogP contribution in [0.2, 0.25) is 5.02 Å². The maximum Gasteiger partial charge on any atom is 0.255 e. The van der Waals surface area contributed by atoms with Crippen LogP contribution in [0.4, 0.5) is 0 Å². The molecule has 2 aliphatic heterocycles. The molecule has 3 fully saturated rings. The van der Waals surface area contributed by atoms with E-state index in [1.165, 1.54) is 32.4 Å². The molecule has 2 saturated heterocycles. The number of amides is 1. The van der Waals surface area contributed by atoms with Gasteiger partial charge in [-0.05, 0) is 44.1 Å². The summed E-state index contributed by atoms with van der Waals surface area (Å²) >= 11 is 6.37. The lowest BCUT2D eigenvalue weighted by atomic mass is 9.86. The van der Waals surface area contributed by atoms with Gasteiger partial charge in [0.2, 0.25) is 0 Å². The smallest absolute Gasteiger partial charge is 0.255 e. The molecular formula is C20H27ClN2O3. The number of benzene rings is 1. The summed E-state index contributed by atoms with van der Waals surface area (Å²) in [5.74, 6) is 0.731. The van der Waals surface area contributed by atoms with Crippen molar-refractivity contribution < 1.29 is 14.3 Å². The van der Waals surface area contributed by atoms with Gasteiger partial charge in [-0.1, -0.05) is 18.0 Å². The minimum Gasteiger partial charge on any atom is -0.490 e. The van der Waals surface area contributed by atoms with Gasteiger partial charge < -0.3 is 19.3 Å². The highest BCUT2D eigenvalue weighted by atomic mass is 35.5. The minimum atomic E-state index is -0.0290. The molecule has 1 saturated carbocycles. The highest BCUT2D eigenvalue weighted by Crippen LogP contribution is 2.33. The van der Waals surface area contributed by atoms with Crippen LogP contribution in [-0.4, -0.2) is 67.2 Å². The monoisotopic (exact) mass is 378 g/mol. The molecule has 0 bridgehead atoms. The standard InChI is InChI=1S/C20H27ClN2O3/c21-19-14-16(4-5-18(19)20(24)23-8-10-25-11-9-23)26-17-12-15(13-17)22-6-2-1-3-7-22/h4-5,14-15,17H,1-3,6-13H2/t15-,17-. The molecule has 1 aromatic rings. The van der Waals surface area contributed by atoms with E-state index >= 15 is 0 Å². The van der Waals surface area contributed by atoms with E-state index in [4.69, 9.17) is 21.1 Å². The fraction of sp³-hybridized carbons (Fsp3) is 0.650. The van der Waals surface area contributed by atoms with Gasteiger partial charge in [0.05, 0.1) is 23.8 Å². The first kappa shape index (κ1) is 18.1. The molecule has 0 spiro atoms. The normalized spacial score (nSPS) is 27.0. The van der Waals surface area contributed by atoms with Crippen LogP contribution in [-0.2, 0) is 4.74 Å². The third-order valence-corrected chi connectivity index (χ3v) is 6.06. The second-order valence-electron chi connectivity index (χ2n) is 7.51. The minimum absolute atomic E-state index is 0.0290. The zero-order valence-electron chi connectivity index (χ0n) is 15.2. The molecule has 0 aromatic heterocycles. The van der Waals surface area contributed by atoms with Crippen molar-refractivity contribution in [2.24, 2.45) is 0 Å². The van der Waals surface area contributed by atoms with Crippen LogP contribution in [0.5, 0.6) is 5.75 Å². The number of carbonyl (C=O) groups is 1. The van der Waals surface area contributed by atoms with Crippen LogP contribution >= 0.6 is 11.6 Å². The molecule has 1 aliphatic carbocycles. The number of hydrogen-bond donors (Lipinski definition) is 0. The first-order chi connectivity index (χ1) is 12.7. The van der Waals surface area contributed by atoms with E-state index in [2.05, 4.69) is 4.90 Å². The number of rotatable bonds is 4. The van der Waals surface area contributed by atoms with E-state index in [-0.39, 0.29) is 12.0 Å². The topological polar surface area (TPSA) is 42.0 Å². The summed E-state index contributed by atoms with van der Waals surface area (Å²) in [6.07, 6.45) is 6.47. The second kappa shape index (κ2) is 8.15. The van der Waals surface area contributed by atoms with Crippen molar-refractivity contribution in [3.63, 3.8) is 0 Å². The summed E-state index contributed by atoms with van der Waals surface area (Å²) in [5, 5.41) is 0.464. The number of piperidine rings is 1. The molecule has 1 aromatic carbocycles. The highest BCUT2D eigenvalue weighted by Gasteiger charge is 2.35. The second-order valence-corrected chi connectivity index (χ2v) is 7.92. The fourth-order valence-corrected chi connectivity index (χ4v) is 4.34. The molecule has 4 rings (SSSR count). The summed E-state index contributed by atoms with van der Waals surface area (Å²) in [5.41, 5.74) is 0.542. The van der Waals surface area contributed by atoms with Gasteiger partial charge in [-0.15, -0.1) is 0 Å². The Morgan fingerprint density at radius 3 is 2.50 bits per heavy atom. The third kappa shape index (κ3) is 4.00. The molecule has 1 amide bonds. The number of ether oxygens (including phenoxy) is 2. The number of hydrogen-bond acceptors (Lipinski definition) is 4. The number of morpholine rings is 1. The van der Waals surface area contributed by atoms with Crippen molar-refractivity contribution in [3.8, 4) is 5.75 Å². The quantitative estimate of drug-likeness (QED) is 0.806. The van der Waals surface area contributed by atoms with Crippen LogP contribution < -0.4 is 4.74 Å². The number of nitrogens with zero attached hydrogens (tertiary/aromatic N) is 2. The largest absolute Gasteiger partial charge is 0.490 e. The van der Waals surface area contributed by atoms with Crippen LogP contribution in [0.25, 0.3) is 0 Å². The zero-order valence-corrected chi connectivity index (χ0v) is 15.9. The predicted molar refractivity (Wildman–Crippen MR) is 101 cm³/mol. The molecule has 0 unspecified atom stereocenters. The van der Waals surface area contributed by atoms with E-state index < -0.39 is 0 Å². The molecule has 6 heteroatoms. The van der Waals surface area contributed by atoms with Crippen molar-refractivity contribution in [1.82, 2.24) is 9.80 Å². The summed E-state index contributed by atoms with van der Waals surface area (Å²) < 4.78 is 11.4. The van der Waals surface area contributed by atoms with Crippen LogP contribution in [0.1, 0.15) is 42.5 Å². The Morgan fingerprint density at radius 2 is 1.81 bits per heavy atom. The first-order valence-electron chi connectivity index (χ1n) is 9.78. The van der Waals surface area contributed by atoms with Gasteiger partial charge in [-0.3, -0.25) is 4.79 Å². The number of likely N-dealkylation sites (tertiary alicyclic amines) is 1. The SMILES string of the molecule is O=C(c1ccc(O[C@H]2C[C@H](N3CCCCC3)C2)cc1Cl)N1CCOCC1. The molecule has 0 atom stereocenters. The van der Waals surface area contributed by atoms with Gasteiger partial charge in [0.1, 0.15) is 11.9 Å². The van der Waals surface area contributed by atoms with Crippen molar-refractivity contribution in [2.75, 3.05) is 39.4 Å². The molecule has 2 heterocycles. The number of carbonyl (C=O) groups excluding carboxylic acids is 1. The Balaban J connectivity index is 1.31. The maximum atomic E-state index is 12.6. The molecule has 142 valence electrons. The van der Waals surface area contributed by atoms with Crippen LogP contribution in [0.3, 0.4) is 0 Å². The van der Waals surface area contributed by atoms with Gasteiger partial charge >= 0.3 is 0 Å². The Bertz CT molecular complexity index is 636. The van der Waals surface area contributed by atoms with E-state index in [1.807, 2.05) is 6.07 Å². The van der Waals surface area contributed by atoms with Gasteiger partial charge in [-0.25, -0.2) is 0 Å². The highest BCUT2D eigenvalue weighted by molar-refractivity contribution is 6.34. The maximum absolute atomic E-state index is 12.6. The van der Waals surface area contributed by atoms with E-state index in [0.29, 0.717) is 42.9 Å². The lowest BCUT2D eigenvalue weighted by Gasteiger charge is -2.44. The van der Waals surface area contributed by atoms with Crippen molar-refractivity contribution in [2.45, 2.75) is 44.2 Å². The Labute approximate surface area is 160 Å². The molecule has 0 radical (unpaired) electrons. The number of halogens is 1.